The predicted molar refractivity (Wildman–Crippen MR) is 89.4 cm³/mol. The molecule has 2 amide bonds. The van der Waals surface area contributed by atoms with Crippen LogP contribution in [-0.4, -0.2) is 59.7 Å². The van der Waals surface area contributed by atoms with Gasteiger partial charge in [0.25, 0.3) is 0 Å². The first-order chi connectivity index (χ1) is 11.1. The monoisotopic (exact) mass is 313 g/mol. The number of amides is 2. The summed E-state index contributed by atoms with van der Waals surface area (Å²) in [6.45, 7) is 4.89. The van der Waals surface area contributed by atoms with Gasteiger partial charge in [0.15, 0.2) is 0 Å². The lowest BCUT2D eigenvalue weighted by molar-refractivity contribution is -0.135. The van der Waals surface area contributed by atoms with Gasteiger partial charge in [0, 0.05) is 39.3 Å². The molecule has 0 bridgehead atoms. The van der Waals surface area contributed by atoms with Crippen LogP contribution in [0.4, 0.5) is 0 Å². The molecular weight excluding hydrogens is 290 g/mol. The molecule has 1 atom stereocenters. The molecule has 5 nitrogen and oxygen atoms in total. The molecule has 3 rings (SSSR count). The van der Waals surface area contributed by atoms with Crippen LogP contribution >= 0.6 is 0 Å². The Hall–Kier alpha value is -2.14. The van der Waals surface area contributed by atoms with Gasteiger partial charge in [-0.1, -0.05) is 24.3 Å². The van der Waals surface area contributed by atoms with E-state index in [1.807, 2.05) is 35.2 Å². The lowest BCUT2D eigenvalue weighted by Gasteiger charge is -2.36. The zero-order valence-corrected chi connectivity index (χ0v) is 13.7. The van der Waals surface area contributed by atoms with Crippen molar-refractivity contribution in [3.05, 3.63) is 41.6 Å². The minimum atomic E-state index is -0.208. The normalized spacial score (nSPS) is 21.2. The van der Waals surface area contributed by atoms with Crippen LogP contribution in [-0.2, 0) is 9.59 Å². The molecule has 2 heterocycles. The Morgan fingerprint density at radius 1 is 1.13 bits per heavy atom. The Morgan fingerprint density at radius 3 is 2.52 bits per heavy atom. The Bertz CT molecular complexity index is 633. The fourth-order valence-electron chi connectivity index (χ4n) is 3.26. The summed E-state index contributed by atoms with van der Waals surface area (Å²) >= 11 is 0. The number of nitrogens with zero attached hydrogens (tertiary/aromatic N) is 3. The fraction of sp³-hybridized carbons (Fsp3) is 0.444. The van der Waals surface area contributed by atoms with Crippen LogP contribution in [0.1, 0.15) is 30.5 Å². The van der Waals surface area contributed by atoms with Gasteiger partial charge in [-0.15, -0.1) is 0 Å². The molecule has 0 N–H and O–H groups in total. The Labute approximate surface area is 137 Å². The summed E-state index contributed by atoms with van der Waals surface area (Å²) < 4.78 is 0. The summed E-state index contributed by atoms with van der Waals surface area (Å²) in [6, 6.07) is 7.77. The smallest absolute Gasteiger partial charge is 0.225 e. The van der Waals surface area contributed by atoms with Gasteiger partial charge in [-0.05, 0) is 24.3 Å². The Kier molecular flexibility index (Phi) is 4.48. The number of hydrogen-bond acceptors (Lipinski definition) is 3. The first kappa shape index (κ1) is 15.7. The topological polar surface area (TPSA) is 43.9 Å². The third-order valence-corrected chi connectivity index (χ3v) is 4.69. The summed E-state index contributed by atoms with van der Waals surface area (Å²) in [5, 5.41) is 0. The molecular formula is C18H23N3O2. The molecule has 1 saturated heterocycles. The molecule has 0 saturated carbocycles. The van der Waals surface area contributed by atoms with Crippen LogP contribution < -0.4 is 0 Å². The van der Waals surface area contributed by atoms with Crippen LogP contribution in [0, 0.1) is 0 Å². The summed E-state index contributed by atoms with van der Waals surface area (Å²) in [4.78, 5) is 30.5. The number of benzene rings is 1. The summed E-state index contributed by atoms with van der Waals surface area (Å²) in [5.74, 6) is 0.0892. The second-order valence-corrected chi connectivity index (χ2v) is 6.27. The molecule has 0 aliphatic carbocycles. The van der Waals surface area contributed by atoms with Crippen molar-refractivity contribution in [2.75, 3.05) is 33.2 Å². The molecule has 2 aliphatic heterocycles. The average Bonchev–Trinajstić information content (AvgIpc) is 2.55. The molecule has 0 spiro atoms. The SMILES string of the molecule is CC(=O)N1C=Cc2ccccc2C1CC(=O)N1CCN(C)CC1. The largest absolute Gasteiger partial charge is 0.340 e. The van der Waals surface area contributed by atoms with Crippen molar-refractivity contribution in [3.63, 3.8) is 0 Å². The third kappa shape index (κ3) is 3.29. The highest BCUT2D eigenvalue weighted by Gasteiger charge is 2.30. The number of carbonyl (C=O) groups is 2. The maximum Gasteiger partial charge on any atom is 0.225 e. The maximum atomic E-state index is 12.7. The van der Waals surface area contributed by atoms with Gasteiger partial charge >= 0.3 is 0 Å². The fourth-order valence-corrected chi connectivity index (χ4v) is 3.26. The second kappa shape index (κ2) is 6.54. The van der Waals surface area contributed by atoms with E-state index in [1.54, 1.807) is 18.0 Å². The van der Waals surface area contributed by atoms with E-state index in [1.165, 1.54) is 0 Å². The summed E-state index contributed by atoms with van der Waals surface area (Å²) in [7, 11) is 2.07. The van der Waals surface area contributed by atoms with Crippen molar-refractivity contribution in [1.82, 2.24) is 14.7 Å². The van der Waals surface area contributed by atoms with Gasteiger partial charge in [-0.3, -0.25) is 9.59 Å². The van der Waals surface area contributed by atoms with Gasteiger partial charge in [0.2, 0.25) is 11.8 Å². The van der Waals surface area contributed by atoms with Crippen molar-refractivity contribution < 1.29 is 9.59 Å². The maximum absolute atomic E-state index is 12.7. The van der Waals surface area contributed by atoms with Gasteiger partial charge < -0.3 is 14.7 Å². The number of fused-ring (bicyclic) bond motifs is 1. The van der Waals surface area contributed by atoms with E-state index in [9.17, 15) is 9.59 Å². The van der Waals surface area contributed by atoms with Crippen molar-refractivity contribution in [2.45, 2.75) is 19.4 Å². The molecule has 1 aromatic carbocycles. The summed E-state index contributed by atoms with van der Waals surface area (Å²) in [5.41, 5.74) is 2.13. The number of likely N-dealkylation sites (N-methyl/N-ethyl adjacent to an activating group) is 1. The van der Waals surface area contributed by atoms with Gasteiger partial charge in [0.1, 0.15) is 0 Å². The van der Waals surface area contributed by atoms with Crippen LogP contribution in [0.15, 0.2) is 30.5 Å². The van der Waals surface area contributed by atoms with E-state index in [4.69, 9.17) is 0 Å². The summed E-state index contributed by atoms with van der Waals surface area (Å²) in [6.07, 6.45) is 4.07. The van der Waals surface area contributed by atoms with E-state index >= 15 is 0 Å². The molecule has 0 aromatic heterocycles. The van der Waals surface area contributed by atoms with Crippen molar-refractivity contribution >= 4 is 17.9 Å². The molecule has 23 heavy (non-hydrogen) atoms. The zero-order chi connectivity index (χ0) is 16.4. The quantitative estimate of drug-likeness (QED) is 0.835. The number of piperazine rings is 1. The standard InChI is InChI=1S/C18H23N3O2/c1-14(22)21-8-7-15-5-3-4-6-16(15)17(21)13-18(23)20-11-9-19(2)10-12-20/h3-8,17H,9-13H2,1-2H3. The van der Waals surface area contributed by atoms with E-state index in [0.29, 0.717) is 6.42 Å². The molecule has 1 fully saturated rings. The highest BCUT2D eigenvalue weighted by Crippen LogP contribution is 2.33. The second-order valence-electron chi connectivity index (χ2n) is 6.27. The van der Waals surface area contributed by atoms with E-state index in [2.05, 4.69) is 11.9 Å². The van der Waals surface area contributed by atoms with Crippen LogP contribution in [0.3, 0.4) is 0 Å². The van der Waals surface area contributed by atoms with E-state index in [0.717, 1.165) is 37.3 Å². The van der Waals surface area contributed by atoms with Gasteiger partial charge in [0.05, 0.1) is 12.5 Å². The predicted octanol–water partition coefficient (Wildman–Crippen LogP) is 1.72. The Morgan fingerprint density at radius 2 is 1.83 bits per heavy atom. The Balaban J connectivity index is 1.79. The lowest BCUT2D eigenvalue weighted by Crippen LogP contribution is -2.48. The van der Waals surface area contributed by atoms with Crippen molar-refractivity contribution in [3.8, 4) is 0 Å². The molecule has 1 unspecified atom stereocenters. The van der Waals surface area contributed by atoms with Crippen LogP contribution in [0.2, 0.25) is 0 Å². The highest BCUT2D eigenvalue weighted by molar-refractivity contribution is 5.82. The molecule has 0 radical (unpaired) electrons. The average molecular weight is 313 g/mol. The molecule has 122 valence electrons. The minimum absolute atomic E-state index is 0.0352. The van der Waals surface area contributed by atoms with Gasteiger partial charge in [-0.25, -0.2) is 0 Å². The highest BCUT2D eigenvalue weighted by atomic mass is 16.2. The number of carbonyl (C=O) groups excluding carboxylic acids is 2. The first-order valence-corrected chi connectivity index (χ1v) is 8.08. The van der Waals surface area contributed by atoms with Crippen LogP contribution in [0.25, 0.3) is 6.08 Å². The molecule has 5 heteroatoms. The number of hydrogen-bond donors (Lipinski definition) is 0. The van der Waals surface area contributed by atoms with Crippen molar-refractivity contribution in [2.24, 2.45) is 0 Å². The van der Waals surface area contributed by atoms with Gasteiger partial charge in [-0.2, -0.15) is 0 Å². The van der Waals surface area contributed by atoms with Crippen molar-refractivity contribution in [1.29, 1.82) is 0 Å². The third-order valence-electron chi connectivity index (χ3n) is 4.69. The minimum Gasteiger partial charge on any atom is -0.340 e. The molecule has 2 aliphatic rings. The first-order valence-electron chi connectivity index (χ1n) is 8.08. The lowest BCUT2D eigenvalue weighted by atomic mass is 9.93. The zero-order valence-electron chi connectivity index (χ0n) is 13.7. The molecule has 1 aromatic rings. The van der Waals surface area contributed by atoms with Crippen LogP contribution in [0.5, 0.6) is 0 Å². The van der Waals surface area contributed by atoms with E-state index in [-0.39, 0.29) is 17.9 Å². The van der Waals surface area contributed by atoms with E-state index < -0.39 is 0 Å². The number of rotatable bonds is 2.